The van der Waals surface area contributed by atoms with E-state index >= 15 is 0 Å². The number of rotatable bonds is 5. The van der Waals surface area contributed by atoms with Crippen molar-refractivity contribution in [3.05, 3.63) is 58.8 Å². The summed E-state index contributed by atoms with van der Waals surface area (Å²) in [6.45, 7) is 1.12. The van der Waals surface area contributed by atoms with Gasteiger partial charge in [-0.2, -0.15) is 0 Å². The Morgan fingerprint density at radius 1 is 1.30 bits per heavy atom. The number of piperidine rings is 1. The molecule has 0 spiro atoms. The fraction of sp³-hybridized carbons (Fsp3) is 0.333. The molecule has 3 aromatic rings. The molecule has 0 radical (unpaired) electrons. The number of aryl methyl sites for hydroxylation is 1. The molecule has 1 atom stereocenters. The second kappa shape index (κ2) is 7.75. The molecular formula is C21H23N5O4. The van der Waals surface area contributed by atoms with Crippen LogP contribution in [-0.4, -0.2) is 45.9 Å². The van der Waals surface area contributed by atoms with Gasteiger partial charge in [-0.3, -0.25) is 24.0 Å². The molecule has 1 aliphatic heterocycles. The number of hydrogen-bond acceptors (Lipinski definition) is 6. The lowest BCUT2D eigenvalue weighted by atomic mass is 9.76. The molecule has 156 valence electrons. The highest BCUT2D eigenvalue weighted by molar-refractivity contribution is 5.94. The number of oxazole rings is 1. The second-order valence-corrected chi connectivity index (χ2v) is 7.63. The third-order valence-electron chi connectivity index (χ3n) is 5.64. The zero-order chi connectivity index (χ0) is 21.3. The Morgan fingerprint density at radius 3 is 2.87 bits per heavy atom. The maximum atomic E-state index is 12.6. The molecule has 1 fully saturated rings. The summed E-state index contributed by atoms with van der Waals surface area (Å²) in [5.74, 6) is -1.12. The minimum absolute atomic E-state index is 0.110. The highest BCUT2D eigenvalue weighted by atomic mass is 16.4. The van der Waals surface area contributed by atoms with E-state index in [-0.39, 0.29) is 12.5 Å². The molecule has 3 heterocycles. The quantitative estimate of drug-likeness (QED) is 0.648. The molecule has 0 aliphatic carbocycles. The Labute approximate surface area is 172 Å². The minimum Gasteiger partial charge on any atom is -0.408 e. The number of hydrogen-bond donors (Lipinski definition) is 2. The molecule has 9 nitrogen and oxygen atoms in total. The van der Waals surface area contributed by atoms with Crippen molar-refractivity contribution in [3.63, 3.8) is 0 Å². The summed E-state index contributed by atoms with van der Waals surface area (Å²) in [7, 11) is 1.62. The molecule has 3 N–H and O–H groups in total. The standard InChI is InChI=1S/C21H23N5O4/c1-25-15-7-6-14(11-16(15)30-20(25)29)24-18(27)12-26-10-4-8-21(13-26,19(22)28)17-5-2-3-9-23-17/h2-3,5-7,9,11H,4,8,10,12-13H2,1H3,(H2,22,28)(H,24,27)/t21-/m0/s1. The lowest BCUT2D eigenvalue weighted by Gasteiger charge is -2.40. The number of nitrogens with two attached hydrogens (primary N) is 1. The van der Waals surface area contributed by atoms with E-state index in [2.05, 4.69) is 10.3 Å². The molecule has 30 heavy (non-hydrogen) atoms. The molecule has 1 saturated heterocycles. The van der Waals surface area contributed by atoms with E-state index in [9.17, 15) is 14.4 Å². The number of anilines is 1. The summed E-state index contributed by atoms with van der Waals surface area (Å²) in [5, 5.41) is 2.82. The monoisotopic (exact) mass is 409 g/mol. The number of carbonyl (C=O) groups is 2. The molecule has 0 unspecified atom stereocenters. The minimum atomic E-state index is -0.911. The topological polar surface area (TPSA) is 123 Å². The zero-order valence-electron chi connectivity index (χ0n) is 16.6. The van der Waals surface area contributed by atoms with Crippen molar-refractivity contribution in [3.8, 4) is 0 Å². The van der Waals surface area contributed by atoms with Crippen LogP contribution in [0.3, 0.4) is 0 Å². The van der Waals surface area contributed by atoms with Gasteiger partial charge >= 0.3 is 5.76 Å². The number of nitrogens with zero attached hydrogens (tertiary/aromatic N) is 3. The van der Waals surface area contributed by atoms with Gasteiger partial charge in [0, 0.05) is 31.5 Å². The highest BCUT2D eigenvalue weighted by Crippen LogP contribution is 2.32. The van der Waals surface area contributed by atoms with Gasteiger partial charge in [-0.1, -0.05) is 6.07 Å². The fourth-order valence-corrected chi connectivity index (χ4v) is 4.08. The van der Waals surface area contributed by atoms with Crippen LogP contribution in [-0.2, 0) is 22.1 Å². The zero-order valence-corrected chi connectivity index (χ0v) is 16.6. The number of primary amides is 1. The molecule has 0 saturated carbocycles. The Kier molecular flexibility index (Phi) is 5.13. The Morgan fingerprint density at radius 2 is 2.13 bits per heavy atom. The van der Waals surface area contributed by atoms with Crippen LogP contribution in [0.5, 0.6) is 0 Å². The van der Waals surface area contributed by atoms with Gasteiger partial charge < -0.3 is 15.5 Å². The van der Waals surface area contributed by atoms with Crippen molar-refractivity contribution in [2.75, 3.05) is 25.0 Å². The summed E-state index contributed by atoms with van der Waals surface area (Å²) in [4.78, 5) is 42.9. The van der Waals surface area contributed by atoms with Crippen molar-refractivity contribution in [2.24, 2.45) is 12.8 Å². The number of fused-ring (bicyclic) bond motifs is 1. The maximum absolute atomic E-state index is 12.6. The van der Waals surface area contributed by atoms with E-state index in [4.69, 9.17) is 10.2 Å². The van der Waals surface area contributed by atoms with E-state index in [1.54, 1.807) is 43.6 Å². The normalized spacial score (nSPS) is 19.6. The van der Waals surface area contributed by atoms with E-state index in [0.717, 1.165) is 6.42 Å². The van der Waals surface area contributed by atoms with Gasteiger partial charge in [0.1, 0.15) is 5.41 Å². The molecule has 9 heteroatoms. The van der Waals surface area contributed by atoms with Crippen molar-refractivity contribution < 1.29 is 14.0 Å². The van der Waals surface area contributed by atoms with Crippen LogP contribution in [0.2, 0.25) is 0 Å². The Bertz CT molecular complexity index is 1150. The van der Waals surface area contributed by atoms with Gasteiger partial charge in [-0.05, 0) is 43.7 Å². The molecular weight excluding hydrogens is 386 g/mol. The van der Waals surface area contributed by atoms with E-state index in [1.807, 2.05) is 11.0 Å². The number of likely N-dealkylation sites (tertiary alicyclic amines) is 1. The first-order chi connectivity index (χ1) is 14.4. The van der Waals surface area contributed by atoms with Crippen LogP contribution in [0, 0.1) is 0 Å². The van der Waals surface area contributed by atoms with E-state index in [1.165, 1.54) is 4.57 Å². The smallest absolute Gasteiger partial charge is 0.408 e. The first kappa shape index (κ1) is 19.8. The number of amides is 2. The van der Waals surface area contributed by atoms with Gasteiger partial charge in [-0.25, -0.2) is 4.79 Å². The predicted octanol–water partition coefficient (Wildman–Crippen LogP) is 0.984. The third-order valence-corrected chi connectivity index (χ3v) is 5.64. The molecule has 2 aromatic heterocycles. The van der Waals surface area contributed by atoms with Crippen LogP contribution >= 0.6 is 0 Å². The van der Waals surface area contributed by atoms with Crippen molar-refractivity contribution in [1.82, 2.24) is 14.5 Å². The first-order valence-corrected chi connectivity index (χ1v) is 9.72. The molecule has 0 bridgehead atoms. The summed E-state index contributed by atoms with van der Waals surface area (Å²) in [5.41, 5.74) is 7.08. The SMILES string of the molecule is Cn1c(=O)oc2cc(NC(=O)CN3CCC[C@@](C(N)=O)(c4ccccn4)C3)ccc21. The third kappa shape index (κ3) is 3.59. The summed E-state index contributed by atoms with van der Waals surface area (Å²) in [6, 6.07) is 10.5. The van der Waals surface area contributed by atoms with E-state index < -0.39 is 17.1 Å². The van der Waals surface area contributed by atoms with Gasteiger partial charge in [0.15, 0.2) is 5.58 Å². The highest BCUT2D eigenvalue weighted by Gasteiger charge is 2.43. The number of carbonyl (C=O) groups excluding carboxylic acids is 2. The van der Waals surface area contributed by atoms with Crippen LogP contribution in [0.15, 0.2) is 51.8 Å². The van der Waals surface area contributed by atoms with Crippen molar-refractivity contribution >= 4 is 28.6 Å². The van der Waals surface area contributed by atoms with Gasteiger partial charge in [-0.15, -0.1) is 0 Å². The number of pyridine rings is 1. The van der Waals surface area contributed by atoms with Crippen LogP contribution < -0.4 is 16.8 Å². The lowest BCUT2D eigenvalue weighted by Crippen LogP contribution is -2.55. The molecule has 4 rings (SSSR count). The average molecular weight is 409 g/mol. The second-order valence-electron chi connectivity index (χ2n) is 7.63. The van der Waals surface area contributed by atoms with E-state index in [0.29, 0.717) is 42.0 Å². The summed E-state index contributed by atoms with van der Waals surface area (Å²) < 4.78 is 6.56. The Hall–Kier alpha value is -3.46. The number of aromatic nitrogens is 2. The van der Waals surface area contributed by atoms with Crippen LogP contribution in [0.25, 0.3) is 11.1 Å². The van der Waals surface area contributed by atoms with Crippen LogP contribution in [0.4, 0.5) is 5.69 Å². The van der Waals surface area contributed by atoms with Gasteiger partial charge in [0.25, 0.3) is 0 Å². The van der Waals surface area contributed by atoms with Gasteiger partial charge in [0.2, 0.25) is 11.8 Å². The summed E-state index contributed by atoms with van der Waals surface area (Å²) >= 11 is 0. The first-order valence-electron chi connectivity index (χ1n) is 9.72. The van der Waals surface area contributed by atoms with Crippen molar-refractivity contribution in [2.45, 2.75) is 18.3 Å². The lowest BCUT2D eigenvalue weighted by molar-refractivity contribution is -0.127. The van der Waals surface area contributed by atoms with Crippen LogP contribution in [0.1, 0.15) is 18.5 Å². The largest absolute Gasteiger partial charge is 0.419 e. The summed E-state index contributed by atoms with van der Waals surface area (Å²) in [6.07, 6.45) is 2.97. The molecule has 1 aliphatic rings. The molecule has 1 aromatic carbocycles. The number of nitrogens with one attached hydrogen (secondary N) is 1. The fourth-order valence-electron chi connectivity index (χ4n) is 4.08. The predicted molar refractivity (Wildman–Crippen MR) is 111 cm³/mol. The number of benzene rings is 1. The maximum Gasteiger partial charge on any atom is 0.419 e. The van der Waals surface area contributed by atoms with Gasteiger partial charge in [0.05, 0.1) is 17.8 Å². The molecule has 2 amide bonds. The van der Waals surface area contributed by atoms with Crippen molar-refractivity contribution in [1.29, 1.82) is 0 Å². The Balaban J connectivity index is 1.48. The average Bonchev–Trinajstić information content (AvgIpc) is 3.01.